The van der Waals surface area contributed by atoms with E-state index in [0.717, 1.165) is 69.2 Å². The average Bonchev–Trinajstić information content (AvgIpc) is 3.15. The first-order valence-electron chi connectivity index (χ1n) is 11.0. The lowest BCUT2D eigenvalue weighted by molar-refractivity contribution is -0.135. The molecule has 2 aromatic rings. The van der Waals surface area contributed by atoms with Gasteiger partial charge >= 0.3 is 0 Å². The van der Waals surface area contributed by atoms with Gasteiger partial charge in [0.15, 0.2) is 0 Å². The Morgan fingerprint density at radius 1 is 0.966 bits per heavy atom. The van der Waals surface area contributed by atoms with Gasteiger partial charge in [0.25, 0.3) is 0 Å². The Hall–Kier alpha value is -2.43. The number of carbonyl (C=O) groups is 1. The first kappa shape index (κ1) is 19.9. The lowest BCUT2D eigenvalue weighted by Gasteiger charge is -2.26. The Kier molecular flexibility index (Phi) is 6.12. The Morgan fingerprint density at radius 2 is 1.72 bits per heavy atom. The van der Waals surface area contributed by atoms with Gasteiger partial charge in [-0.25, -0.2) is 9.97 Å². The summed E-state index contributed by atoms with van der Waals surface area (Å²) in [4.78, 5) is 26.9. The molecule has 2 fully saturated rings. The molecule has 1 amide bonds. The normalized spacial score (nSPS) is 18.1. The fraction of sp³-hybridized carbons (Fsp3) is 0.542. The number of nitrogens with zero attached hydrogens (tertiary/aromatic N) is 4. The van der Waals surface area contributed by atoms with E-state index in [2.05, 4.69) is 46.0 Å². The number of hydrogen-bond donors (Lipinski definition) is 0. The first-order chi connectivity index (χ1) is 14.1. The van der Waals surface area contributed by atoms with E-state index in [9.17, 15) is 4.79 Å². The molecular weight excluding hydrogens is 360 g/mol. The number of anilines is 1. The van der Waals surface area contributed by atoms with Gasteiger partial charge in [-0.15, -0.1) is 0 Å². The van der Waals surface area contributed by atoms with Crippen LogP contribution in [-0.2, 0) is 11.2 Å². The van der Waals surface area contributed by atoms with Crippen LogP contribution in [0.1, 0.15) is 54.7 Å². The Bertz CT molecular complexity index is 845. The maximum Gasteiger partial charge on any atom is 0.225 e. The van der Waals surface area contributed by atoms with Crippen LogP contribution in [0, 0.1) is 19.8 Å². The molecule has 4 rings (SSSR count). The fourth-order valence-corrected chi connectivity index (χ4v) is 4.77. The van der Waals surface area contributed by atoms with Crippen LogP contribution in [-0.4, -0.2) is 47.0 Å². The highest BCUT2D eigenvalue weighted by atomic mass is 16.2. The fourth-order valence-electron chi connectivity index (χ4n) is 4.77. The van der Waals surface area contributed by atoms with Crippen LogP contribution in [0.4, 0.5) is 5.82 Å². The number of hydrogen-bond acceptors (Lipinski definition) is 4. The van der Waals surface area contributed by atoms with E-state index >= 15 is 0 Å². The number of amides is 1. The van der Waals surface area contributed by atoms with Crippen molar-refractivity contribution in [2.45, 2.75) is 52.4 Å². The van der Waals surface area contributed by atoms with Crippen molar-refractivity contribution in [2.75, 3.05) is 31.1 Å². The summed E-state index contributed by atoms with van der Waals surface area (Å²) in [6.07, 6.45) is 6.39. The van der Waals surface area contributed by atoms with E-state index in [-0.39, 0.29) is 5.92 Å². The highest BCUT2D eigenvalue weighted by Crippen LogP contribution is 2.28. The molecule has 1 aromatic heterocycles. The van der Waals surface area contributed by atoms with Gasteiger partial charge in [-0.3, -0.25) is 4.79 Å². The molecule has 1 aliphatic heterocycles. The summed E-state index contributed by atoms with van der Waals surface area (Å²) in [5.41, 5.74) is 3.54. The highest BCUT2D eigenvalue weighted by molar-refractivity contribution is 5.79. The Labute approximate surface area is 174 Å². The molecule has 1 aliphatic carbocycles. The highest BCUT2D eigenvalue weighted by Gasteiger charge is 2.29. The molecule has 154 valence electrons. The van der Waals surface area contributed by atoms with Gasteiger partial charge in [0, 0.05) is 49.8 Å². The zero-order chi connectivity index (χ0) is 20.2. The third-order valence-electron chi connectivity index (χ3n) is 6.34. The second-order valence-corrected chi connectivity index (χ2v) is 8.47. The molecule has 1 saturated heterocycles. The minimum absolute atomic E-state index is 0.263. The van der Waals surface area contributed by atoms with Crippen molar-refractivity contribution in [3.05, 3.63) is 53.0 Å². The minimum Gasteiger partial charge on any atom is -0.354 e. The SMILES string of the molecule is Cc1nc(C)c(Cc2ccccc2)c(N2CCCN(C(=O)C3CCCC3)CC2)n1. The molecule has 2 heterocycles. The summed E-state index contributed by atoms with van der Waals surface area (Å²) >= 11 is 0. The number of aromatic nitrogens is 2. The van der Waals surface area contributed by atoms with Crippen LogP contribution in [0.3, 0.4) is 0 Å². The first-order valence-corrected chi connectivity index (χ1v) is 11.0. The molecule has 5 heteroatoms. The van der Waals surface area contributed by atoms with Gasteiger partial charge in [-0.05, 0) is 38.7 Å². The second-order valence-electron chi connectivity index (χ2n) is 8.47. The van der Waals surface area contributed by atoms with Gasteiger partial charge < -0.3 is 9.80 Å². The van der Waals surface area contributed by atoms with Crippen molar-refractivity contribution < 1.29 is 4.79 Å². The van der Waals surface area contributed by atoms with Gasteiger partial charge in [-0.1, -0.05) is 43.2 Å². The number of aryl methyl sites for hydroxylation is 2. The van der Waals surface area contributed by atoms with Crippen LogP contribution in [0.15, 0.2) is 30.3 Å². The van der Waals surface area contributed by atoms with E-state index in [0.29, 0.717) is 5.91 Å². The van der Waals surface area contributed by atoms with E-state index in [1.165, 1.54) is 24.0 Å². The number of rotatable bonds is 4. The second kappa shape index (κ2) is 8.93. The average molecular weight is 393 g/mol. The van der Waals surface area contributed by atoms with E-state index < -0.39 is 0 Å². The van der Waals surface area contributed by atoms with Crippen LogP contribution in [0.5, 0.6) is 0 Å². The molecule has 0 unspecified atom stereocenters. The summed E-state index contributed by atoms with van der Waals surface area (Å²) in [6, 6.07) is 10.5. The molecule has 0 radical (unpaired) electrons. The maximum atomic E-state index is 12.9. The molecule has 0 atom stereocenters. The Balaban J connectivity index is 1.53. The molecular formula is C24H32N4O. The van der Waals surface area contributed by atoms with E-state index in [1.807, 2.05) is 13.0 Å². The molecule has 0 spiro atoms. The topological polar surface area (TPSA) is 49.3 Å². The van der Waals surface area contributed by atoms with Crippen molar-refractivity contribution in [2.24, 2.45) is 5.92 Å². The molecule has 0 N–H and O–H groups in total. The van der Waals surface area contributed by atoms with E-state index in [1.54, 1.807) is 0 Å². The molecule has 1 aromatic carbocycles. The monoisotopic (exact) mass is 392 g/mol. The molecule has 1 saturated carbocycles. The van der Waals surface area contributed by atoms with Crippen molar-refractivity contribution in [1.29, 1.82) is 0 Å². The summed E-state index contributed by atoms with van der Waals surface area (Å²) in [6.45, 7) is 7.49. The van der Waals surface area contributed by atoms with Crippen LogP contribution < -0.4 is 4.90 Å². The lowest BCUT2D eigenvalue weighted by atomic mass is 10.0. The number of carbonyl (C=O) groups excluding carboxylic acids is 1. The third-order valence-corrected chi connectivity index (χ3v) is 6.34. The molecule has 2 aliphatic rings. The van der Waals surface area contributed by atoms with Gasteiger partial charge in [0.1, 0.15) is 11.6 Å². The molecule has 0 bridgehead atoms. The van der Waals surface area contributed by atoms with Crippen molar-refractivity contribution >= 4 is 11.7 Å². The van der Waals surface area contributed by atoms with Crippen molar-refractivity contribution in [3.8, 4) is 0 Å². The van der Waals surface area contributed by atoms with Crippen LogP contribution >= 0.6 is 0 Å². The molecule has 29 heavy (non-hydrogen) atoms. The lowest BCUT2D eigenvalue weighted by Crippen LogP contribution is -2.38. The zero-order valence-corrected chi connectivity index (χ0v) is 17.7. The van der Waals surface area contributed by atoms with Gasteiger partial charge in [0.2, 0.25) is 5.91 Å². The summed E-state index contributed by atoms with van der Waals surface area (Å²) in [7, 11) is 0. The van der Waals surface area contributed by atoms with Crippen LogP contribution in [0.25, 0.3) is 0 Å². The standard InChI is InChI=1S/C24H32N4O/c1-18-22(17-20-9-4-3-5-10-20)23(26-19(2)25-18)27-13-8-14-28(16-15-27)24(29)21-11-6-7-12-21/h3-5,9-10,21H,6-8,11-17H2,1-2H3. The van der Waals surface area contributed by atoms with Gasteiger partial charge in [-0.2, -0.15) is 0 Å². The minimum atomic E-state index is 0.263. The predicted molar refractivity (Wildman–Crippen MR) is 116 cm³/mol. The summed E-state index contributed by atoms with van der Waals surface area (Å²) in [5.74, 6) is 2.51. The van der Waals surface area contributed by atoms with E-state index in [4.69, 9.17) is 4.98 Å². The number of benzene rings is 1. The third kappa shape index (κ3) is 4.60. The molecule has 5 nitrogen and oxygen atoms in total. The Morgan fingerprint density at radius 3 is 2.48 bits per heavy atom. The van der Waals surface area contributed by atoms with Gasteiger partial charge in [0.05, 0.1) is 0 Å². The zero-order valence-electron chi connectivity index (χ0n) is 17.7. The maximum absolute atomic E-state index is 12.9. The van der Waals surface area contributed by atoms with Crippen molar-refractivity contribution in [3.63, 3.8) is 0 Å². The largest absolute Gasteiger partial charge is 0.354 e. The predicted octanol–water partition coefficient (Wildman–Crippen LogP) is 3.91. The van der Waals surface area contributed by atoms with Crippen LogP contribution in [0.2, 0.25) is 0 Å². The van der Waals surface area contributed by atoms with Crippen molar-refractivity contribution in [1.82, 2.24) is 14.9 Å². The smallest absolute Gasteiger partial charge is 0.225 e. The summed E-state index contributed by atoms with van der Waals surface area (Å²) < 4.78 is 0. The quantitative estimate of drug-likeness (QED) is 0.791. The summed E-state index contributed by atoms with van der Waals surface area (Å²) in [5, 5.41) is 0.